The molecule has 2 heteroatoms. The van der Waals surface area contributed by atoms with Crippen LogP contribution in [-0.4, -0.2) is 10.5 Å². The number of para-hydroxylation sites is 1. The highest BCUT2D eigenvalue weighted by atomic mass is 16.2. The fourth-order valence-electron chi connectivity index (χ4n) is 2.69. The summed E-state index contributed by atoms with van der Waals surface area (Å²) in [7, 11) is 0. The number of hydrogen-bond acceptors (Lipinski definition) is 1. The maximum Gasteiger partial charge on any atom is 0.231 e. The molecule has 3 aromatic rings. The molecule has 0 spiro atoms. The van der Waals surface area contributed by atoms with Crippen LogP contribution < -0.4 is 0 Å². The Bertz CT molecular complexity index is 769. The van der Waals surface area contributed by atoms with Crippen molar-refractivity contribution in [1.82, 2.24) is 4.57 Å². The van der Waals surface area contributed by atoms with E-state index in [1.165, 1.54) is 0 Å². The average molecular weight is 277 g/mol. The fourth-order valence-corrected chi connectivity index (χ4v) is 2.69. The van der Waals surface area contributed by atoms with E-state index in [4.69, 9.17) is 0 Å². The second-order valence-corrected chi connectivity index (χ2v) is 5.78. The Balaban J connectivity index is 2.22. The quantitative estimate of drug-likeness (QED) is 0.660. The highest BCUT2D eigenvalue weighted by molar-refractivity contribution is 5.98. The second-order valence-electron chi connectivity index (χ2n) is 5.78. The van der Waals surface area contributed by atoms with E-state index in [-0.39, 0.29) is 5.91 Å². The van der Waals surface area contributed by atoms with Gasteiger partial charge in [-0.3, -0.25) is 9.36 Å². The molecular formula is C19H19NO. The lowest BCUT2D eigenvalue weighted by Gasteiger charge is -2.11. The van der Waals surface area contributed by atoms with E-state index in [1.54, 1.807) is 0 Å². The summed E-state index contributed by atoms with van der Waals surface area (Å²) >= 11 is 0. The molecule has 2 aromatic carbocycles. The lowest BCUT2D eigenvalue weighted by molar-refractivity contribution is 0.0894. The van der Waals surface area contributed by atoms with Crippen molar-refractivity contribution in [2.45, 2.75) is 20.3 Å². The molecule has 1 aromatic heterocycles. The number of hydrogen-bond donors (Lipinski definition) is 0. The van der Waals surface area contributed by atoms with Crippen molar-refractivity contribution < 1.29 is 4.79 Å². The van der Waals surface area contributed by atoms with Crippen LogP contribution in [0.15, 0.2) is 60.7 Å². The largest absolute Gasteiger partial charge is 0.280 e. The lowest BCUT2D eigenvalue weighted by atomic mass is 10.1. The lowest BCUT2D eigenvalue weighted by Crippen LogP contribution is -2.14. The molecule has 2 nitrogen and oxygen atoms in total. The topological polar surface area (TPSA) is 22.0 Å². The van der Waals surface area contributed by atoms with Crippen molar-refractivity contribution in [3.8, 4) is 11.3 Å². The molecule has 0 aliphatic heterocycles. The molecule has 106 valence electrons. The van der Waals surface area contributed by atoms with E-state index in [9.17, 15) is 4.79 Å². The van der Waals surface area contributed by atoms with Crippen molar-refractivity contribution in [3.05, 3.63) is 60.7 Å². The molecule has 0 unspecified atom stereocenters. The van der Waals surface area contributed by atoms with E-state index >= 15 is 0 Å². The van der Waals surface area contributed by atoms with Gasteiger partial charge in [0.25, 0.3) is 0 Å². The van der Waals surface area contributed by atoms with Crippen LogP contribution in [0.4, 0.5) is 0 Å². The Kier molecular flexibility index (Phi) is 3.61. The van der Waals surface area contributed by atoms with Crippen molar-refractivity contribution in [1.29, 1.82) is 0 Å². The number of rotatable bonds is 3. The summed E-state index contributed by atoms with van der Waals surface area (Å²) in [5.74, 6) is 0.507. The minimum Gasteiger partial charge on any atom is -0.280 e. The van der Waals surface area contributed by atoms with Gasteiger partial charge in [0.1, 0.15) is 0 Å². The molecular weight excluding hydrogens is 258 g/mol. The van der Waals surface area contributed by atoms with Crippen LogP contribution >= 0.6 is 0 Å². The monoisotopic (exact) mass is 277 g/mol. The summed E-state index contributed by atoms with van der Waals surface area (Å²) < 4.78 is 1.87. The Morgan fingerprint density at radius 1 is 1.00 bits per heavy atom. The third-order valence-electron chi connectivity index (χ3n) is 3.61. The van der Waals surface area contributed by atoms with Gasteiger partial charge in [-0.15, -0.1) is 0 Å². The molecule has 21 heavy (non-hydrogen) atoms. The summed E-state index contributed by atoms with van der Waals surface area (Å²) in [6.07, 6.45) is 0.554. The van der Waals surface area contributed by atoms with Gasteiger partial charge in [-0.25, -0.2) is 0 Å². The Morgan fingerprint density at radius 3 is 2.38 bits per heavy atom. The number of fused-ring (bicyclic) bond motifs is 1. The van der Waals surface area contributed by atoms with E-state index in [2.05, 4.69) is 26.0 Å². The van der Waals surface area contributed by atoms with Crippen molar-refractivity contribution in [2.24, 2.45) is 5.92 Å². The maximum absolute atomic E-state index is 12.7. The van der Waals surface area contributed by atoms with Crippen LogP contribution in [0.3, 0.4) is 0 Å². The predicted octanol–water partition coefficient (Wildman–Crippen LogP) is 4.99. The first-order valence-electron chi connectivity index (χ1n) is 7.36. The maximum atomic E-state index is 12.7. The molecule has 0 saturated heterocycles. The van der Waals surface area contributed by atoms with E-state index in [1.807, 2.05) is 53.1 Å². The Labute approximate surface area is 125 Å². The molecule has 0 aliphatic rings. The Hall–Kier alpha value is -2.35. The summed E-state index contributed by atoms with van der Waals surface area (Å²) in [6, 6.07) is 20.3. The summed E-state index contributed by atoms with van der Waals surface area (Å²) in [5.41, 5.74) is 3.04. The van der Waals surface area contributed by atoms with Gasteiger partial charge in [-0.05, 0) is 23.6 Å². The molecule has 0 fully saturated rings. The SMILES string of the molecule is CC(C)CC(=O)n1c(-c2ccccc2)cc2ccccc21. The average Bonchev–Trinajstić information content (AvgIpc) is 2.87. The number of nitrogens with zero attached hydrogens (tertiary/aromatic N) is 1. The van der Waals surface area contributed by atoms with Crippen molar-refractivity contribution in [2.75, 3.05) is 0 Å². The van der Waals surface area contributed by atoms with Gasteiger partial charge in [0.05, 0.1) is 11.2 Å². The van der Waals surface area contributed by atoms with Gasteiger partial charge in [-0.2, -0.15) is 0 Å². The van der Waals surface area contributed by atoms with Crippen LogP contribution in [-0.2, 0) is 0 Å². The third kappa shape index (κ3) is 2.62. The van der Waals surface area contributed by atoms with Gasteiger partial charge in [-0.1, -0.05) is 62.4 Å². The van der Waals surface area contributed by atoms with Crippen LogP contribution in [0.25, 0.3) is 22.2 Å². The number of carbonyl (C=O) groups is 1. The molecule has 0 aliphatic carbocycles. The van der Waals surface area contributed by atoms with Gasteiger partial charge in [0.2, 0.25) is 5.91 Å². The molecule has 0 bridgehead atoms. The van der Waals surface area contributed by atoms with Gasteiger partial charge < -0.3 is 0 Å². The highest BCUT2D eigenvalue weighted by Crippen LogP contribution is 2.28. The van der Waals surface area contributed by atoms with Gasteiger partial charge >= 0.3 is 0 Å². The zero-order valence-corrected chi connectivity index (χ0v) is 12.4. The summed E-state index contributed by atoms with van der Waals surface area (Å²) in [4.78, 5) is 12.7. The first-order valence-corrected chi connectivity index (χ1v) is 7.36. The molecule has 3 rings (SSSR count). The number of benzene rings is 2. The van der Waals surface area contributed by atoms with Crippen LogP contribution in [0.1, 0.15) is 25.1 Å². The number of aromatic nitrogens is 1. The molecule has 0 N–H and O–H groups in total. The standard InChI is InChI=1S/C19H19NO/c1-14(2)12-19(21)20-17-11-7-6-10-16(17)13-18(20)15-8-4-3-5-9-15/h3-11,13-14H,12H2,1-2H3. The normalized spacial score (nSPS) is 11.2. The molecule has 0 radical (unpaired) electrons. The van der Waals surface area contributed by atoms with E-state index < -0.39 is 0 Å². The van der Waals surface area contributed by atoms with Crippen LogP contribution in [0.5, 0.6) is 0 Å². The Morgan fingerprint density at radius 2 is 1.67 bits per heavy atom. The first kappa shape index (κ1) is 13.6. The van der Waals surface area contributed by atoms with Gasteiger partial charge in [0.15, 0.2) is 0 Å². The number of carbonyl (C=O) groups excluding carboxylic acids is 1. The van der Waals surface area contributed by atoms with Gasteiger partial charge in [0, 0.05) is 11.8 Å². The van der Waals surface area contributed by atoms with E-state index in [0.717, 1.165) is 22.2 Å². The van der Waals surface area contributed by atoms with Crippen molar-refractivity contribution >= 4 is 16.8 Å². The van der Waals surface area contributed by atoms with Crippen LogP contribution in [0, 0.1) is 5.92 Å². The minimum absolute atomic E-state index is 0.157. The molecule has 0 amide bonds. The van der Waals surface area contributed by atoms with Crippen LogP contribution in [0.2, 0.25) is 0 Å². The van der Waals surface area contributed by atoms with Crippen molar-refractivity contribution in [3.63, 3.8) is 0 Å². The molecule has 0 saturated carbocycles. The van der Waals surface area contributed by atoms with E-state index in [0.29, 0.717) is 12.3 Å². The molecule has 1 heterocycles. The zero-order valence-electron chi connectivity index (χ0n) is 12.4. The third-order valence-corrected chi connectivity index (χ3v) is 3.61. The summed E-state index contributed by atoms with van der Waals surface area (Å²) in [5, 5.41) is 1.11. The predicted molar refractivity (Wildman–Crippen MR) is 87.5 cm³/mol. The minimum atomic E-state index is 0.157. The summed E-state index contributed by atoms with van der Waals surface area (Å²) in [6.45, 7) is 4.15. The smallest absolute Gasteiger partial charge is 0.231 e. The second kappa shape index (κ2) is 5.57. The fraction of sp³-hybridized carbons (Fsp3) is 0.211. The molecule has 0 atom stereocenters. The zero-order chi connectivity index (χ0) is 14.8. The highest BCUT2D eigenvalue weighted by Gasteiger charge is 2.16. The first-order chi connectivity index (χ1) is 10.2.